The number of carbonyl (C=O) groups is 1. The largest absolute Gasteiger partial charge is 0.539 e. The molecule has 2 aromatic heterocycles. The van der Waals surface area contributed by atoms with Crippen LogP contribution in [0.3, 0.4) is 0 Å². The van der Waals surface area contributed by atoms with E-state index in [1.54, 1.807) is 17.0 Å². The smallest absolute Gasteiger partial charge is 0.291 e. The number of rotatable bonds is 4. The Morgan fingerprint density at radius 1 is 1.39 bits per heavy atom. The van der Waals surface area contributed by atoms with Crippen molar-refractivity contribution in [2.75, 3.05) is 13.7 Å². The molecule has 0 spiro atoms. The van der Waals surface area contributed by atoms with Gasteiger partial charge in [0.2, 0.25) is 6.20 Å². The number of aromatic nitrogens is 3. The summed E-state index contributed by atoms with van der Waals surface area (Å²) in [4.78, 5) is 18.2. The van der Waals surface area contributed by atoms with E-state index < -0.39 is 17.8 Å². The van der Waals surface area contributed by atoms with Crippen LogP contribution in [0, 0.1) is 5.82 Å². The number of hydrogen-bond acceptors (Lipinski definition) is 5. The van der Waals surface area contributed by atoms with Crippen LogP contribution in [-0.2, 0) is 17.8 Å². The van der Waals surface area contributed by atoms with Gasteiger partial charge in [-0.2, -0.15) is 0 Å². The second-order valence-corrected chi connectivity index (χ2v) is 7.41. The molecule has 31 heavy (non-hydrogen) atoms. The number of hydrogen-bond donors (Lipinski definition) is 1. The van der Waals surface area contributed by atoms with E-state index in [2.05, 4.69) is 14.8 Å². The molecule has 4 aromatic rings. The number of ether oxygens (including phenoxy) is 1. The zero-order chi connectivity index (χ0) is 21.5. The van der Waals surface area contributed by atoms with E-state index in [9.17, 15) is 9.90 Å². The first kappa shape index (κ1) is 19.1. The Morgan fingerprint density at radius 3 is 2.97 bits per heavy atom. The van der Waals surface area contributed by atoms with Crippen LogP contribution in [0.2, 0.25) is 0 Å². The van der Waals surface area contributed by atoms with E-state index in [0.29, 0.717) is 24.3 Å². The highest BCUT2D eigenvalue weighted by molar-refractivity contribution is 5.86. The molecule has 1 aliphatic heterocycles. The van der Waals surface area contributed by atoms with Crippen LogP contribution in [0.5, 0.6) is 11.7 Å². The molecule has 1 amide bonds. The summed E-state index contributed by atoms with van der Waals surface area (Å²) in [6, 6.07) is 11.8. The number of methoxy groups -OCH3 is 1. The number of amides is 1. The van der Waals surface area contributed by atoms with Crippen molar-refractivity contribution in [2.45, 2.75) is 19.0 Å². The number of aromatic amines is 1. The number of fused-ring (bicyclic) bond motifs is 3. The molecule has 8 nitrogen and oxygen atoms in total. The lowest BCUT2D eigenvalue weighted by Crippen LogP contribution is -2.49. The first-order chi connectivity index (χ1) is 15.0. The van der Waals surface area contributed by atoms with Gasteiger partial charge in [-0.1, -0.05) is 22.9 Å². The van der Waals surface area contributed by atoms with Crippen LogP contribution in [0.4, 0.5) is 4.39 Å². The predicted molar refractivity (Wildman–Crippen MR) is 105 cm³/mol. The van der Waals surface area contributed by atoms with Gasteiger partial charge in [0, 0.05) is 34.8 Å². The molecule has 0 saturated heterocycles. The minimum atomic E-state index is -0.659. The summed E-state index contributed by atoms with van der Waals surface area (Å²) in [6.07, 6.45) is 1.73. The third-order valence-electron chi connectivity index (χ3n) is 5.64. The quantitative estimate of drug-likeness (QED) is 0.506. The summed E-state index contributed by atoms with van der Waals surface area (Å²) in [6.45, 7) is 0.210. The van der Waals surface area contributed by atoms with Crippen molar-refractivity contribution in [3.05, 3.63) is 71.3 Å². The molecular weight excluding hydrogens is 403 g/mol. The summed E-state index contributed by atoms with van der Waals surface area (Å²) >= 11 is 0. The summed E-state index contributed by atoms with van der Waals surface area (Å²) in [5, 5.41) is 15.9. The normalized spacial score (nSPS) is 15.8. The van der Waals surface area contributed by atoms with Crippen molar-refractivity contribution in [1.82, 2.24) is 15.2 Å². The van der Waals surface area contributed by atoms with Gasteiger partial charge in [0.05, 0.1) is 12.4 Å². The highest BCUT2D eigenvalue weighted by Gasteiger charge is 2.37. The van der Waals surface area contributed by atoms with Crippen molar-refractivity contribution in [3.63, 3.8) is 0 Å². The highest BCUT2D eigenvalue weighted by Crippen LogP contribution is 2.39. The molecule has 1 atom stereocenters. The maximum Gasteiger partial charge on any atom is 0.291 e. The first-order valence-corrected chi connectivity index (χ1v) is 9.81. The Balaban J connectivity index is 1.61. The second kappa shape index (κ2) is 7.42. The fourth-order valence-corrected chi connectivity index (χ4v) is 4.25. The van der Waals surface area contributed by atoms with Gasteiger partial charge in [-0.05, 0) is 30.2 Å². The van der Waals surface area contributed by atoms with Gasteiger partial charge < -0.3 is 24.3 Å². The molecule has 2 aromatic carbocycles. The van der Waals surface area contributed by atoms with E-state index >= 15 is 4.39 Å². The number of halogens is 1. The SMILES string of the molecule is COc1ccc(C2c3[nH]c4ccccc4c3CCN2C(=O)C[n+]2cc([O-])on2)c(F)c1. The maximum absolute atomic E-state index is 15.1. The minimum absolute atomic E-state index is 0.185. The Hall–Kier alpha value is -3.88. The van der Waals surface area contributed by atoms with E-state index in [-0.39, 0.29) is 12.5 Å². The summed E-state index contributed by atoms with van der Waals surface area (Å²) in [7, 11) is 1.47. The van der Waals surface area contributed by atoms with Gasteiger partial charge in [-0.15, -0.1) is 0 Å². The molecule has 0 bridgehead atoms. The number of carbonyl (C=O) groups excluding carboxylic acids is 1. The van der Waals surface area contributed by atoms with E-state index in [1.807, 2.05) is 24.3 Å². The Labute approximate surface area is 176 Å². The highest BCUT2D eigenvalue weighted by atomic mass is 19.1. The standard InChI is InChI=1S/C22H19FN4O4/c1-30-13-6-7-16(17(23)10-13)22-21-15(14-4-2-3-5-18(14)24-21)8-9-27(22)19(28)11-26-12-20(29)31-25-26/h2-7,10,12,22,24H,8-9,11H2,1H3. The topological polar surface area (TPSA) is 98.3 Å². The lowest BCUT2D eigenvalue weighted by molar-refractivity contribution is -0.751. The first-order valence-electron chi connectivity index (χ1n) is 9.81. The average molecular weight is 422 g/mol. The molecule has 9 heteroatoms. The van der Waals surface area contributed by atoms with Gasteiger partial charge >= 0.3 is 0 Å². The molecule has 1 unspecified atom stereocenters. The van der Waals surface area contributed by atoms with E-state index in [1.165, 1.54) is 13.2 Å². The molecular formula is C22H19FN4O4. The number of nitrogens with zero attached hydrogens (tertiary/aromatic N) is 3. The van der Waals surface area contributed by atoms with Crippen LogP contribution in [0.15, 0.2) is 53.2 Å². The minimum Gasteiger partial charge on any atom is -0.539 e. The Bertz CT molecular complexity index is 1280. The zero-order valence-corrected chi connectivity index (χ0v) is 16.7. The van der Waals surface area contributed by atoms with E-state index in [4.69, 9.17) is 4.74 Å². The molecule has 0 fully saturated rings. The molecule has 0 saturated carbocycles. The monoisotopic (exact) mass is 422 g/mol. The number of H-pyrrole nitrogens is 1. The van der Waals surface area contributed by atoms with Gasteiger partial charge in [0.15, 0.2) is 0 Å². The fourth-order valence-electron chi connectivity index (χ4n) is 4.25. The summed E-state index contributed by atoms with van der Waals surface area (Å²) < 4.78 is 25.9. The number of para-hydroxylation sites is 1. The maximum atomic E-state index is 15.1. The molecule has 0 radical (unpaired) electrons. The summed E-state index contributed by atoms with van der Waals surface area (Å²) in [5.74, 6) is -1.01. The lowest BCUT2D eigenvalue weighted by atomic mass is 9.92. The number of nitrogens with one attached hydrogen (secondary N) is 1. The Morgan fingerprint density at radius 2 is 2.23 bits per heavy atom. The van der Waals surface area contributed by atoms with Gasteiger partial charge in [-0.3, -0.25) is 4.79 Å². The molecule has 1 N–H and O–H groups in total. The number of benzene rings is 2. The molecule has 3 heterocycles. The molecule has 1 aliphatic rings. The van der Waals surface area contributed by atoms with Crippen molar-refractivity contribution in [1.29, 1.82) is 0 Å². The van der Waals surface area contributed by atoms with Crippen LogP contribution in [-0.4, -0.2) is 34.7 Å². The third kappa shape index (κ3) is 3.27. The lowest BCUT2D eigenvalue weighted by Gasteiger charge is -2.35. The van der Waals surface area contributed by atoms with Gasteiger partial charge in [-0.25, -0.2) is 4.39 Å². The van der Waals surface area contributed by atoms with Crippen LogP contribution in [0.25, 0.3) is 10.9 Å². The third-order valence-corrected chi connectivity index (χ3v) is 5.64. The van der Waals surface area contributed by atoms with E-state index in [0.717, 1.165) is 33.0 Å². The predicted octanol–water partition coefficient (Wildman–Crippen LogP) is 1.84. The van der Waals surface area contributed by atoms with Crippen LogP contribution >= 0.6 is 0 Å². The molecule has 5 rings (SSSR count). The van der Waals surface area contributed by atoms with Crippen LogP contribution < -0.4 is 14.5 Å². The second-order valence-electron chi connectivity index (χ2n) is 7.41. The average Bonchev–Trinajstić information content (AvgIpc) is 3.36. The van der Waals surface area contributed by atoms with Crippen molar-refractivity contribution in [2.24, 2.45) is 0 Å². The van der Waals surface area contributed by atoms with Crippen molar-refractivity contribution < 1.29 is 28.2 Å². The fraction of sp³-hybridized carbons (Fsp3) is 0.227. The van der Waals surface area contributed by atoms with Crippen molar-refractivity contribution in [3.8, 4) is 11.7 Å². The van der Waals surface area contributed by atoms with Gasteiger partial charge in [0.1, 0.15) is 23.6 Å². The molecule has 0 aliphatic carbocycles. The molecule has 158 valence electrons. The van der Waals surface area contributed by atoms with Crippen LogP contribution in [0.1, 0.15) is 22.9 Å². The van der Waals surface area contributed by atoms with Gasteiger partial charge in [0.25, 0.3) is 12.5 Å². The summed E-state index contributed by atoms with van der Waals surface area (Å²) in [5.41, 5.74) is 3.13. The zero-order valence-electron chi connectivity index (χ0n) is 16.7. The van der Waals surface area contributed by atoms with Crippen molar-refractivity contribution >= 4 is 16.8 Å². The Kier molecular flexibility index (Phi) is 4.58.